The number of benzene rings is 1. The number of anilines is 1. The molecule has 1 aromatic heterocycles. The van der Waals surface area contributed by atoms with Gasteiger partial charge in [0.15, 0.2) is 5.96 Å². The fourth-order valence-electron chi connectivity index (χ4n) is 3.24. The molecular formula is C21H29ClIN5. The van der Waals surface area contributed by atoms with Crippen molar-refractivity contribution in [3.8, 4) is 0 Å². The lowest BCUT2D eigenvalue weighted by Gasteiger charge is -2.20. The zero-order valence-corrected chi connectivity index (χ0v) is 19.6. The molecule has 0 saturated carbocycles. The summed E-state index contributed by atoms with van der Waals surface area (Å²) in [5.41, 5.74) is 3.44. The smallest absolute Gasteiger partial charge is 0.191 e. The highest BCUT2D eigenvalue weighted by atomic mass is 127. The Morgan fingerprint density at radius 2 is 2.18 bits per heavy atom. The van der Waals surface area contributed by atoms with E-state index in [9.17, 15) is 0 Å². The summed E-state index contributed by atoms with van der Waals surface area (Å²) in [5, 5.41) is 7.71. The monoisotopic (exact) mass is 513 g/mol. The van der Waals surface area contributed by atoms with E-state index >= 15 is 0 Å². The van der Waals surface area contributed by atoms with Gasteiger partial charge >= 0.3 is 0 Å². The number of rotatable bonds is 6. The molecule has 3 rings (SSSR count). The molecule has 0 amide bonds. The molecule has 0 radical (unpaired) electrons. The van der Waals surface area contributed by atoms with Crippen LogP contribution >= 0.6 is 35.6 Å². The summed E-state index contributed by atoms with van der Waals surface area (Å²) < 4.78 is 0. The number of nitrogens with one attached hydrogen (secondary N) is 2. The number of halogens is 2. The molecule has 1 aliphatic heterocycles. The first kappa shape index (κ1) is 22.7. The van der Waals surface area contributed by atoms with Gasteiger partial charge in [-0.2, -0.15) is 0 Å². The van der Waals surface area contributed by atoms with Crippen molar-refractivity contribution in [2.24, 2.45) is 4.99 Å². The minimum atomic E-state index is 0. The summed E-state index contributed by atoms with van der Waals surface area (Å²) in [4.78, 5) is 11.4. The van der Waals surface area contributed by atoms with E-state index in [0.29, 0.717) is 6.04 Å². The lowest BCUT2D eigenvalue weighted by Crippen LogP contribution is -2.44. The molecular weight excluding hydrogens is 485 g/mol. The number of aliphatic imine (C=N–C) groups is 1. The Morgan fingerprint density at radius 1 is 1.32 bits per heavy atom. The van der Waals surface area contributed by atoms with E-state index in [1.165, 1.54) is 11.3 Å². The maximum absolute atomic E-state index is 6.13. The van der Waals surface area contributed by atoms with Gasteiger partial charge in [-0.25, -0.2) is 0 Å². The third-order valence-electron chi connectivity index (χ3n) is 4.69. The molecule has 5 nitrogen and oxygen atoms in total. The molecule has 0 spiro atoms. The Labute approximate surface area is 190 Å². The Balaban J connectivity index is 0.00000280. The maximum Gasteiger partial charge on any atom is 0.191 e. The maximum atomic E-state index is 6.13. The molecule has 28 heavy (non-hydrogen) atoms. The Morgan fingerprint density at radius 3 is 2.89 bits per heavy atom. The number of guanidine groups is 1. The van der Waals surface area contributed by atoms with Gasteiger partial charge in [0.1, 0.15) is 0 Å². The molecule has 152 valence electrons. The predicted molar refractivity (Wildman–Crippen MR) is 129 cm³/mol. The number of aryl methyl sites for hydroxylation is 1. The standard InChI is InChI=1S/C21H28ClN5.HI/c1-3-23-21(24-11-9-17-8-7-16(2)25-14-17)26-19-10-12-27(15-19)20-6-4-5-18(22)13-20;/h4-8,13-14,19H,3,9-12,15H2,1-2H3,(H2,23,24,26);1H. The summed E-state index contributed by atoms with van der Waals surface area (Å²) in [7, 11) is 0. The number of aromatic nitrogens is 1. The largest absolute Gasteiger partial charge is 0.369 e. The summed E-state index contributed by atoms with van der Waals surface area (Å²) >= 11 is 6.13. The van der Waals surface area contributed by atoms with Crippen LogP contribution < -0.4 is 15.5 Å². The number of nitrogens with zero attached hydrogens (tertiary/aromatic N) is 3. The summed E-state index contributed by atoms with van der Waals surface area (Å²) in [6.07, 6.45) is 3.91. The van der Waals surface area contributed by atoms with Gasteiger partial charge in [0.2, 0.25) is 0 Å². The molecule has 0 aliphatic carbocycles. The van der Waals surface area contributed by atoms with Gasteiger partial charge in [-0.1, -0.05) is 23.7 Å². The molecule has 1 saturated heterocycles. The van der Waals surface area contributed by atoms with Crippen molar-refractivity contribution < 1.29 is 0 Å². The predicted octanol–water partition coefficient (Wildman–Crippen LogP) is 4.04. The minimum Gasteiger partial charge on any atom is -0.369 e. The second-order valence-electron chi connectivity index (χ2n) is 6.87. The van der Waals surface area contributed by atoms with E-state index in [0.717, 1.165) is 55.7 Å². The normalized spacial score (nSPS) is 16.6. The molecule has 7 heteroatoms. The van der Waals surface area contributed by atoms with E-state index in [-0.39, 0.29) is 24.0 Å². The molecule has 1 aliphatic rings. The topological polar surface area (TPSA) is 52.6 Å². The molecule has 1 aromatic carbocycles. The van der Waals surface area contributed by atoms with Crippen molar-refractivity contribution in [1.29, 1.82) is 0 Å². The van der Waals surface area contributed by atoms with Crippen LogP contribution in [0.25, 0.3) is 0 Å². The van der Waals surface area contributed by atoms with Crippen LogP contribution in [-0.2, 0) is 6.42 Å². The van der Waals surface area contributed by atoms with Gasteiger partial charge in [-0.05, 0) is 56.5 Å². The molecule has 1 fully saturated rings. The van der Waals surface area contributed by atoms with Crippen molar-refractivity contribution in [3.05, 3.63) is 58.9 Å². The zero-order chi connectivity index (χ0) is 19.1. The van der Waals surface area contributed by atoms with Crippen molar-refractivity contribution in [1.82, 2.24) is 15.6 Å². The Bertz CT molecular complexity index is 766. The molecule has 0 bridgehead atoms. The van der Waals surface area contributed by atoms with E-state index in [4.69, 9.17) is 16.6 Å². The van der Waals surface area contributed by atoms with Gasteiger partial charge in [0.05, 0.1) is 0 Å². The molecule has 2 N–H and O–H groups in total. The highest BCUT2D eigenvalue weighted by molar-refractivity contribution is 14.0. The third kappa shape index (κ3) is 6.81. The molecule has 1 unspecified atom stereocenters. The van der Waals surface area contributed by atoms with E-state index in [1.54, 1.807) is 0 Å². The van der Waals surface area contributed by atoms with Crippen LogP contribution in [0.4, 0.5) is 5.69 Å². The SMILES string of the molecule is CCNC(=NCCc1ccc(C)nc1)NC1CCN(c2cccc(Cl)c2)C1.I. The average molecular weight is 514 g/mol. The Kier molecular flexibility index (Phi) is 9.31. The zero-order valence-electron chi connectivity index (χ0n) is 16.5. The van der Waals surface area contributed by atoms with Gasteiger partial charge in [0, 0.05) is 54.8 Å². The lowest BCUT2D eigenvalue weighted by molar-refractivity contribution is 0.649. The van der Waals surface area contributed by atoms with Crippen LogP contribution in [0.1, 0.15) is 24.6 Å². The van der Waals surface area contributed by atoms with Crippen molar-refractivity contribution >= 4 is 47.2 Å². The number of pyridine rings is 1. The van der Waals surface area contributed by atoms with Crippen LogP contribution in [0.2, 0.25) is 5.02 Å². The Hall–Kier alpha value is -1.54. The van der Waals surface area contributed by atoms with Gasteiger partial charge < -0.3 is 15.5 Å². The second-order valence-corrected chi connectivity index (χ2v) is 7.31. The quantitative estimate of drug-likeness (QED) is 0.348. The van der Waals surface area contributed by atoms with Gasteiger partial charge in [-0.15, -0.1) is 24.0 Å². The van der Waals surface area contributed by atoms with E-state index < -0.39 is 0 Å². The molecule has 2 heterocycles. The fourth-order valence-corrected chi connectivity index (χ4v) is 3.43. The lowest BCUT2D eigenvalue weighted by atomic mass is 10.2. The van der Waals surface area contributed by atoms with Gasteiger partial charge in [-0.3, -0.25) is 9.98 Å². The molecule has 2 aromatic rings. The van der Waals surface area contributed by atoms with Crippen LogP contribution in [0.3, 0.4) is 0 Å². The van der Waals surface area contributed by atoms with Crippen LogP contribution in [0.15, 0.2) is 47.6 Å². The van der Waals surface area contributed by atoms with Crippen LogP contribution in [0.5, 0.6) is 0 Å². The van der Waals surface area contributed by atoms with Crippen LogP contribution in [-0.4, -0.2) is 43.2 Å². The third-order valence-corrected chi connectivity index (χ3v) is 4.92. The fraction of sp³-hybridized carbons (Fsp3) is 0.429. The summed E-state index contributed by atoms with van der Waals surface area (Å²) in [6.45, 7) is 7.66. The summed E-state index contributed by atoms with van der Waals surface area (Å²) in [5.74, 6) is 0.885. The first-order valence-electron chi connectivity index (χ1n) is 9.61. The van der Waals surface area contributed by atoms with Crippen molar-refractivity contribution in [3.63, 3.8) is 0 Å². The van der Waals surface area contributed by atoms with Crippen molar-refractivity contribution in [2.75, 3.05) is 31.1 Å². The molecule has 1 atom stereocenters. The van der Waals surface area contributed by atoms with Gasteiger partial charge in [0.25, 0.3) is 0 Å². The van der Waals surface area contributed by atoms with E-state index in [2.05, 4.69) is 39.6 Å². The number of hydrogen-bond acceptors (Lipinski definition) is 3. The highest BCUT2D eigenvalue weighted by Gasteiger charge is 2.23. The van der Waals surface area contributed by atoms with E-state index in [1.807, 2.05) is 37.4 Å². The second kappa shape index (κ2) is 11.5. The first-order chi connectivity index (χ1) is 13.1. The summed E-state index contributed by atoms with van der Waals surface area (Å²) in [6, 6.07) is 12.6. The minimum absolute atomic E-state index is 0. The first-order valence-corrected chi connectivity index (χ1v) is 9.98. The van der Waals surface area contributed by atoms with Crippen molar-refractivity contribution in [2.45, 2.75) is 32.7 Å². The van der Waals surface area contributed by atoms with Crippen LogP contribution in [0, 0.1) is 6.92 Å². The number of hydrogen-bond donors (Lipinski definition) is 2. The average Bonchev–Trinajstić information content (AvgIpc) is 3.12. The highest BCUT2D eigenvalue weighted by Crippen LogP contribution is 2.23.